The largest absolute Gasteiger partial charge is 0.340 e. The number of hydrogen-bond donors (Lipinski definition) is 2. The second kappa shape index (κ2) is 11.0. The molecule has 2 amide bonds. The molecule has 1 heterocycles. The van der Waals surface area contributed by atoms with Crippen LogP contribution >= 0.6 is 34.7 Å². The van der Waals surface area contributed by atoms with Gasteiger partial charge in [0, 0.05) is 10.9 Å². The molecule has 168 valence electrons. The number of amides is 2. The standard InChI is InChI=1S/C24H26ClN3O2S2/c1-14-11-16(3)18(12-15(14)2)21-13-32-24(27-21)28-23(30)20(9-10-31-4)26-22(29)17-7-5-6-8-19(17)25/h5-8,11-13,20H,9-10H2,1-4H3,(H,26,29)(H,27,28,30). The van der Waals surface area contributed by atoms with Crippen LogP contribution < -0.4 is 10.6 Å². The number of aryl methyl sites for hydroxylation is 3. The van der Waals surface area contributed by atoms with Crippen molar-refractivity contribution >= 4 is 51.6 Å². The summed E-state index contributed by atoms with van der Waals surface area (Å²) in [4.78, 5) is 30.3. The SMILES string of the molecule is CSCCC(NC(=O)c1ccccc1Cl)C(=O)Nc1nc(-c2cc(C)c(C)cc2C)cs1. The summed E-state index contributed by atoms with van der Waals surface area (Å²) in [6.45, 7) is 6.22. The van der Waals surface area contributed by atoms with Crippen LogP contribution in [0.25, 0.3) is 11.3 Å². The van der Waals surface area contributed by atoms with E-state index in [4.69, 9.17) is 11.6 Å². The van der Waals surface area contributed by atoms with Crippen molar-refractivity contribution in [2.75, 3.05) is 17.3 Å². The summed E-state index contributed by atoms with van der Waals surface area (Å²) in [5, 5.41) is 8.48. The Bertz CT molecular complexity index is 1130. The molecule has 2 aromatic carbocycles. The van der Waals surface area contributed by atoms with Crippen molar-refractivity contribution in [3.8, 4) is 11.3 Å². The molecule has 0 aliphatic carbocycles. The Morgan fingerprint density at radius 3 is 2.56 bits per heavy atom. The molecule has 0 spiro atoms. The van der Waals surface area contributed by atoms with Gasteiger partial charge in [-0.2, -0.15) is 11.8 Å². The Balaban J connectivity index is 1.75. The number of aromatic nitrogens is 1. The Morgan fingerprint density at radius 1 is 1.12 bits per heavy atom. The number of thioether (sulfide) groups is 1. The lowest BCUT2D eigenvalue weighted by Crippen LogP contribution is -2.44. The van der Waals surface area contributed by atoms with Gasteiger partial charge in [0.05, 0.1) is 16.3 Å². The zero-order valence-electron chi connectivity index (χ0n) is 18.5. The van der Waals surface area contributed by atoms with Gasteiger partial charge >= 0.3 is 0 Å². The van der Waals surface area contributed by atoms with Crippen molar-refractivity contribution in [1.82, 2.24) is 10.3 Å². The molecule has 32 heavy (non-hydrogen) atoms. The maximum Gasteiger partial charge on any atom is 0.253 e. The molecular formula is C24H26ClN3O2S2. The van der Waals surface area contributed by atoms with Crippen LogP contribution in [0.1, 0.15) is 33.5 Å². The van der Waals surface area contributed by atoms with Crippen LogP contribution in [0.2, 0.25) is 5.02 Å². The van der Waals surface area contributed by atoms with E-state index in [-0.39, 0.29) is 11.8 Å². The highest BCUT2D eigenvalue weighted by Gasteiger charge is 2.23. The van der Waals surface area contributed by atoms with Crippen LogP contribution in [-0.4, -0.2) is 34.8 Å². The van der Waals surface area contributed by atoms with E-state index in [0.717, 1.165) is 22.6 Å². The molecule has 8 heteroatoms. The minimum Gasteiger partial charge on any atom is -0.340 e. The topological polar surface area (TPSA) is 71.1 Å². The zero-order valence-corrected chi connectivity index (χ0v) is 20.9. The number of benzene rings is 2. The molecule has 1 atom stereocenters. The summed E-state index contributed by atoms with van der Waals surface area (Å²) < 4.78 is 0. The van der Waals surface area contributed by atoms with Crippen LogP contribution in [0, 0.1) is 20.8 Å². The van der Waals surface area contributed by atoms with Gasteiger partial charge in [-0.1, -0.05) is 29.8 Å². The van der Waals surface area contributed by atoms with Crippen molar-refractivity contribution in [3.05, 3.63) is 69.1 Å². The lowest BCUT2D eigenvalue weighted by atomic mass is 9.99. The van der Waals surface area contributed by atoms with Crippen molar-refractivity contribution in [1.29, 1.82) is 0 Å². The first-order valence-corrected chi connectivity index (χ1v) is 12.8. The van der Waals surface area contributed by atoms with Crippen LogP contribution in [0.4, 0.5) is 5.13 Å². The predicted molar refractivity (Wildman–Crippen MR) is 136 cm³/mol. The molecule has 0 radical (unpaired) electrons. The number of nitrogens with one attached hydrogen (secondary N) is 2. The van der Waals surface area contributed by atoms with Gasteiger partial charge in [0.2, 0.25) is 5.91 Å². The number of carbonyl (C=O) groups is 2. The number of halogens is 1. The molecule has 0 saturated heterocycles. The van der Waals surface area contributed by atoms with Crippen molar-refractivity contribution in [2.24, 2.45) is 0 Å². The summed E-state index contributed by atoms with van der Waals surface area (Å²) in [5.41, 5.74) is 5.80. The number of carbonyl (C=O) groups excluding carboxylic acids is 2. The first-order valence-electron chi connectivity index (χ1n) is 10.2. The minimum absolute atomic E-state index is 0.294. The van der Waals surface area contributed by atoms with E-state index in [1.807, 2.05) is 11.6 Å². The highest BCUT2D eigenvalue weighted by Crippen LogP contribution is 2.29. The van der Waals surface area contributed by atoms with Crippen LogP contribution in [-0.2, 0) is 4.79 Å². The summed E-state index contributed by atoms with van der Waals surface area (Å²) >= 11 is 9.12. The summed E-state index contributed by atoms with van der Waals surface area (Å²) in [7, 11) is 0. The van der Waals surface area contributed by atoms with E-state index in [1.54, 1.807) is 36.0 Å². The molecule has 0 bridgehead atoms. The van der Waals surface area contributed by atoms with Gasteiger partial charge in [0.1, 0.15) is 6.04 Å². The van der Waals surface area contributed by atoms with Crippen molar-refractivity contribution in [3.63, 3.8) is 0 Å². The van der Waals surface area contributed by atoms with Crippen molar-refractivity contribution < 1.29 is 9.59 Å². The van der Waals surface area contributed by atoms with Gasteiger partial charge in [-0.15, -0.1) is 11.3 Å². The molecule has 0 fully saturated rings. The van der Waals surface area contributed by atoms with Gasteiger partial charge in [-0.05, 0) is 74.1 Å². The fourth-order valence-corrected chi connectivity index (χ4v) is 4.68. The minimum atomic E-state index is -0.693. The molecule has 0 aliphatic rings. The van der Waals surface area contributed by atoms with E-state index in [0.29, 0.717) is 22.1 Å². The van der Waals surface area contributed by atoms with E-state index in [9.17, 15) is 9.59 Å². The molecule has 2 N–H and O–H groups in total. The average Bonchev–Trinajstić information content (AvgIpc) is 3.21. The zero-order chi connectivity index (χ0) is 23.3. The number of rotatable bonds is 8. The second-order valence-electron chi connectivity index (χ2n) is 7.57. The Kier molecular flexibility index (Phi) is 8.34. The van der Waals surface area contributed by atoms with Gasteiger partial charge in [0.25, 0.3) is 5.91 Å². The molecule has 3 rings (SSSR count). The maximum atomic E-state index is 13.0. The molecule has 3 aromatic rings. The molecule has 0 aliphatic heterocycles. The van der Waals surface area contributed by atoms with Gasteiger partial charge < -0.3 is 10.6 Å². The first-order chi connectivity index (χ1) is 15.3. The Labute approximate surface area is 202 Å². The lowest BCUT2D eigenvalue weighted by molar-refractivity contribution is -0.118. The third-order valence-corrected chi connectivity index (χ3v) is 6.93. The summed E-state index contributed by atoms with van der Waals surface area (Å²) in [5.74, 6) is 0.0610. The van der Waals surface area contributed by atoms with E-state index < -0.39 is 6.04 Å². The Hall–Kier alpha value is -2.35. The normalized spacial score (nSPS) is 11.8. The third-order valence-electron chi connectivity index (χ3n) is 5.20. The molecule has 0 saturated carbocycles. The number of anilines is 1. The maximum absolute atomic E-state index is 13.0. The average molecular weight is 488 g/mol. The van der Waals surface area contributed by atoms with E-state index in [1.165, 1.54) is 22.5 Å². The second-order valence-corrected chi connectivity index (χ2v) is 9.82. The first kappa shape index (κ1) is 24.3. The molecule has 1 aromatic heterocycles. The predicted octanol–water partition coefficient (Wildman–Crippen LogP) is 5.88. The smallest absolute Gasteiger partial charge is 0.253 e. The number of hydrogen-bond acceptors (Lipinski definition) is 5. The van der Waals surface area contributed by atoms with E-state index in [2.05, 4.69) is 48.5 Å². The van der Waals surface area contributed by atoms with Crippen LogP contribution in [0.5, 0.6) is 0 Å². The lowest BCUT2D eigenvalue weighted by Gasteiger charge is -2.17. The van der Waals surface area contributed by atoms with Crippen LogP contribution in [0.3, 0.4) is 0 Å². The number of thiazole rings is 1. The third kappa shape index (κ3) is 5.91. The molecule has 1 unspecified atom stereocenters. The number of nitrogens with zero attached hydrogens (tertiary/aromatic N) is 1. The monoisotopic (exact) mass is 487 g/mol. The van der Waals surface area contributed by atoms with Gasteiger partial charge in [0.15, 0.2) is 5.13 Å². The highest BCUT2D eigenvalue weighted by molar-refractivity contribution is 7.98. The quantitative estimate of drug-likeness (QED) is 0.416. The highest BCUT2D eigenvalue weighted by atomic mass is 35.5. The van der Waals surface area contributed by atoms with Crippen LogP contribution in [0.15, 0.2) is 41.8 Å². The fourth-order valence-electron chi connectivity index (χ4n) is 3.27. The summed E-state index contributed by atoms with van der Waals surface area (Å²) in [6, 6.07) is 10.4. The molecule has 5 nitrogen and oxygen atoms in total. The fraction of sp³-hybridized carbons (Fsp3) is 0.292. The van der Waals surface area contributed by atoms with E-state index >= 15 is 0 Å². The summed E-state index contributed by atoms with van der Waals surface area (Å²) in [6.07, 6.45) is 2.46. The Morgan fingerprint density at radius 2 is 1.84 bits per heavy atom. The molecular weight excluding hydrogens is 462 g/mol. The van der Waals surface area contributed by atoms with Gasteiger partial charge in [-0.3, -0.25) is 9.59 Å². The van der Waals surface area contributed by atoms with Gasteiger partial charge in [-0.25, -0.2) is 4.98 Å². The van der Waals surface area contributed by atoms with Crippen molar-refractivity contribution in [2.45, 2.75) is 33.2 Å².